The molecule has 0 spiro atoms. The van der Waals surface area contributed by atoms with E-state index < -0.39 is 35.9 Å². The van der Waals surface area contributed by atoms with E-state index >= 15 is 0 Å². The molecule has 1 aromatic heterocycles. The van der Waals surface area contributed by atoms with Crippen molar-refractivity contribution in [1.82, 2.24) is 24.6 Å². The van der Waals surface area contributed by atoms with Crippen LogP contribution in [0.1, 0.15) is 28.7 Å². The van der Waals surface area contributed by atoms with Crippen LogP contribution in [0, 0.1) is 0 Å². The maximum Gasteiger partial charge on any atom is 0.248 e. The molecule has 0 bridgehead atoms. The van der Waals surface area contributed by atoms with Crippen LogP contribution in [-0.2, 0) is 44.0 Å². The van der Waals surface area contributed by atoms with Crippen LogP contribution in [0.3, 0.4) is 0 Å². The number of fused-ring (bicyclic) bond motifs is 6. The Bertz CT molecular complexity index is 2240. The molecule has 2 N–H and O–H groups in total. The first-order valence-corrected chi connectivity index (χ1v) is 18.0. The van der Waals surface area contributed by atoms with E-state index in [9.17, 15) is 19.2 Å². The van der Waals surface area contributed by atoms with E-state index in [0.717, 1.165) is 38.8 Å². The monoisotopic (exact) mass is 692 g/mol. The van der Waals surface area contributed by atoms with E-state index in [1.165, 1.54) is 0 Å². The Balaban J connectivity index is 1.09. The van der Waals surface area contributed by atoms with Gasteiger partial charge in [0.1, 0.15) is 35.9 Å². The molecular weight excluding hydrogens is 653 g/mol. The number of nitrogens with zero attached hydrogens (tertiary/aromatic N) is 4. The summed E-state index contributed by atoms with van der Waals surface area (Å²) in [7, 11) is 3.45. The van der Waals surface area contributed by atoms with Crippen LogP contribution < -0.4 is 10.6 Å². The molecule has 5 aromatic rings. The second kappa shape index (κ2) is 12.1. The first-order valence-electron chi connectivity index (χ1n) is 18.0. The highest BCUT2D eigenvalue weighted by molar-refractivity contribution is 6.00. The lowest BCUT2D eigenvalue weighted by Gasteiger charge is -2.42. The minimum atomic E-state index is -0.815. The van der Waals surface area contributed by atoms with Gasteiger partial charge in [0.15, 0.2) is 0 Å². The van der Waals surface area contributed by atoms with E-state index in [4.69, 9.17) is 0 Å². The molecule has 9 rings (SSSR count). The minimum absolute atomic E-state index is 0.0751. The van der Waals surface area contributed by atoms with Gasteiger partial charge in [0.2, 0.25) is 23.6 Å². The van der Waals surface area contributed by atoms with Crippen LogP contribution in [-0.4, -0.2) is 87.3 Å². The zero-order chi connectivity index (χ0) is 35.7. The molecule has 4 aromatic carbocycles. The van der Waals surface area contributed by atoms with Crippen LogP contribution in [0.25, 0.3) is 10.9 Å². The summed E-state index contributed by atoms with van der Waals surface area (Å²) in [5.74, 6) is -0.466. The Labute approximate surface area is 302 Å². The molecule has 4 aliphatic heterocycles. The number of hydrogen-bond acceptors (Lipinski definition) is 5. The van der Waals surface area contributed by atoms with Crippen LogP contribution >= 0.6 is 0 Å². The zero-order valence-electron chi connectivity index (χ0n) is 29.1. The summed E-state index contributed by atoms with van der Waals surface area (Å²) in [6.07, 6.45) is 3.10. The third-order valence-corrected chi connectivity index (χ3v) is 11.8. The quantitative estimate of drug-likeness (QED) is 0.269. The van der Waals surface area contributed by atoms with Gasteiger partial charge in [-0.25, -0.2) is 0 Å². The van der Waals surface area contributed by atoms with Crippen LogP contribution in [0.5, 0.6) is 0 Å². The van der Waals surface area contributed by atoms with Crippen LogP contribution in [0.15, 0.2) is 115 Å². The van der Waals surface area contributed by atoms with Gasteiger partial charge in [-0.2, -0.15) is 0 Å². The van der Waals surface area contributed by atoms with Crippen molar-refractivity contribution in [3.63, 3.8) is 0 Å². The smallest absolute Gasteiger partial charge is 0.248 e. The number of aromatic nitrogens is 1. The molecule has 4 amide bonds. The second-order valence-corrected chi connectivity index (χ2v) is 14.6. The molecule has 3 fully saturated rings. The minimum Gasteiger partial charge on any atom is -0.363 e. The molecule has 0 unspecified atom stereocenters. The maximum absolute atomic E-state index is 14.6. The number of rotatable bonds is 7. The average molecular weight is 693 g/mol. The van der Waals surface area contributed by atoms with Crippen LogP contribution in [0.4, 0.5) is 5.69 Å². The number of para-hydroxylation sites is 2. The molecular formula is C42H40N6O4. The maximum atomic E-state index is 14.6. The first-order chi connectivity index (χ1) is 25.3. The van der Waals surface area contributed by atoms with E-state index in [0.29, 0.717) is 25.7 Å². The van der Waals surface area contributed by atoms with Crippen molar-refractivity contribution < 1.29 is 19.2 Å². The third-order valence-electron chi connectivity index (χ3n) is 11.8. The summed E-state index contributed by atoms with van der Waals surface area (Å²) >= 11 is 0. The number of hydrogen-bond donors (Lipinski definition) is 2. The van der Waals surface area contributed by atoms with E-state index in [1.54, 1.807) is 28.8 Å². The molecule has 0 saturated carbocycles. The third kappa shape index (κ3) is 4.77. The predicted molar refractivity (Wildman–Crippen MR) is 197 cm³/mol. The fourth-order valence-corrected chi connectivity index (χ4v) is 9.20. The highest BCUT2D eigenvalue weighted by Crippen LogP contribution is 2.54. The fraction of sp³-hybridized carbons (Fsp3) is 0.286. The largest absolute Gasteiger partial charge is 0.363 e. The van der Waals surface area contributed by atoms with Crippen molar-refractivity contribution in [2.75, 3.05) is 19.4 Å². The van der Waals surface area contributed by atoms with Gasteiger partial charge in [-0.05, 0) is 28.8 Å². The highest BCUT2D eigenvalue weighted by atomic mass is 16.2. The summed E-state index contributed by atoms with van der Waals surface area (Å²) in [5.41, 5.74) is 4.94. The van der Waals surface area contributed by atoms with Crippen molar-refractivity contribution in [1.29, 1.82) is 0 Å². The number of carbonyl (C=O) groups excluding carboxylic acids is 4. The lowest BCUT2D eigenvalue weighted by atomic mass is 9.86. The summed E-state index contributed by atoms with van der Waals surface area (Å²) < 4.78 is 2.23. The molecule has 10 nitrogen and oxygen atoms in total. The molecule has 3 saturated heterocycles. The number of piperazine rings is 2. The molecule has 0 radical (unpaired) electrons. The van der Waals surface area contributed by atoms with E-state index in [1.807, 2.05) is 97.1 Å². The molecule has 262 valence electrons. The molecule has 10 heteroatoms. The van der Waals surface area contributed by atoms with Crippen molar-refractivity contribution in [3.05, 3.63) is 138 Å². The highest BCUT2D eigenvalue weighted by Gasteiger charge is 2.65. The lowest BCUT2D eigenvalue weighted by Crippen LogP contribution is -2.65. The summed E-state index contributed by atoms with van der Waals surface area (Å²) in [4.78, 5) is 61.2. The average Bonchev–Trinajstić information content (AvgIpc) is 3.81. The molecule has 5 heterocycles. The van der Waals surface area contributed by atoms with Gasteiger partial charge < -0.3 is 29.9 Å². The number of nitrogens with one attached hydrogen (secondary N) is 2. The van der Waals surface area contributed by atoms with E-state index in [-0.39, 0.29) is 23.6 Å². The van der Waals surface area contributed by atoms with Gasteiger partial charge in [-0.15, -0.1) is 0 Å². The zero-order valence-corrected chi connectivity index (χ0v) is 29.1. The summed E-state index contributed by atoms with van der Waals surface area (Å²) in [6, 6.07) is 33.1. The molecule has 52 heavy (non-hydrogen) atoms. The lowest BCUT2D eigenvalue weighted by molar-refractivity contribution is -0.159. The first kappa shape index (κ1) is 32.0. The Morgan fingerprint density at radius 2 is 1.27 bits per heavy atom. The van der Waals surface area contributed by atoms with Gasteiger partial charge in [0.05, 0.1) is 0 Å². The van der Waals surface area contributed by atoms with Crippen molar-refractivity contribution >= 4 is 40.2 Å². The summed E-state index contributed by atoms with van der Waals surface area (Å²) in [5, 5.41) is 7.68. The number of amides is 4. The second-order valence-electron chi connectivity index (χ2n) is 14.6. The topological polar surface area (TPSA) is 107 Å². The van der Waals surface area contributed by atoms with Crippen LogP contribution in [0.2, 0.25) is 0 Å². The molecule has 0 aliphatic carbocycles. The molecule has 4 aliphatic rings. The normalized spacial score (nSPS) is 26.7. The number of likely N-dealkylation sites (N-methyl/N-ethyl adjacent to an activating group) is 2. The Hall–Kier alpha value is -5.90. The fourth-order valence-electron chi connectivity index (χ4n) is 9.20. The number of carbonyl (C=O) groups is 4. The Morgan fingerprint density at radius 1 is 0.654 bits per heavy atom. The number of anilines is 1. The van der Waals surface area contributed by atoms with Gasteiger partial charge in [-0.3, -0.25) is 19.2 Å². The van der Waals surface area contributed by atoms with Gasteiger partial charge in [0, 0.05) is 68.1 Å². The standard InChI is InChI=1S/C42H40N6O4/c1-45-34(21-26-13-5-3-6-14-26)37(49)43-32(38(45)50)23-28-25-47(33-20-12-9-17-29(28)33)42-24-36-39(51)46(2)35(22-27-15-7-4-8-16-27)40(52)48(36)41(42)44-31-19-11-10-18-30(31)42/h3-20,25,32,34-36,41,44H,21-24H2,1-2H3,(H,43,49)/t32-,34+,35+,36-,41-,42+/m0/s1. The Kier molecular flexibility index (Phi) is 7.46. The van der Waals surface area contributed by atoms with Crippen molar-refractivity contribution in [2.45, 2.75) is 61.6 Å². The van der Waals surface area contributed by atoms with Gasteiger partial charge in [0.25, 0.3) is 0 Å². The molecule has 6 atom stereocenters. The van der Waals surface area contributed by atoms with Crippen molar-refractivity contribution in [2.24, 2.45) is 0 Å². The Morgan fingerprint density at radius 3 is 2.00 bits per heavy atom. The predicted octanol–water partition coefficient (Wildman–Crippen LogP) is 3.93. The number of benzene rings is 4. The van der Waals surface area contributed by atoms with Gasteiger partial charge in [-0.1, -0.05) is 97.1 Å². The SMILES string of the molecule is CN1C(=O)[C@H](Cc2cn([C@@]34C[C@H]5C(=O)N(C)[C@H](Cc6ccccc6)C(=O)N5[C@@H]3Nc3ccccc34)c3ccccc23)NC(=O)[C@H]1Cc1ccccc1. The van der Waals surface area contributed by atoms with Gasteiger partial charge >= 0.3 is 0 Å². The van der Waals surface area contributed by atoms with Crippen molar-refractivity contribution in [3.8, 4) is 0 Å². The summed E-state index contributed by atoms with van der Waals surface area (Å²) in [6.45, 7) is 0. The van der Waals surface area contributed by atoms with E-state index in [2.05, 4.69) is 33.5 Å².